The molecule has 1 aliphatic carbocycles. The lowest BCUT2D eigenvalue weighted by Crippen LogP contribution is -2.41. The van der Waals surface area contributed by atoms with Crippen molar-refractivity contribution in [1.82, 2.24) is 14.5 Å². The van der Waals surface area contributed by atoms with Crippen molar-refractivity contribution >= 4 is 16.7 Å². The zero-order valence-corrected chi connectivity index (χ0v) is 16.1. The number of pyridine rings is 1. The predicted octanol–water partition coefficient (Wildman–Crippen LogP) is 5.09. The molecule has 164 valence electrons. The maximum Gasteiger partial charge on any atom is 0.412 e. The zero-order valence-electron chi connectivity index (χ0n) is 16.1. The van der Waals surface area contributed by atoms with Crippen molar-refractivity contribution in [2.24, 2.45) is 0 Å². The van der Waals surface area contributed by atoms with Crippen LogP contribution >= 0.6 is 0 Å². The number of halogens is 6. The molecule has 0 bridgehead atoms. The van der Waals surface area contributed by atoms with Gasteiger partial charge in [0.15, 0.2) is 0 Å². The molecule has 1 saturated carbocycles. The van der Waals surface area contributed by atoms with Gasteiger partial charge in [0.2, 0.25) is 0 Å². The molecule has 1 fully saturated rings. The summed E-state index contributed by atoms with van der Waals surface area (Å²) in [4.78, 5) is 20.3. The Morgan fingerprint density at radius 3 is 2.45 bits per heavy atom. The van der Waals surface area contributed by atoms with E-state index in [2.05, 4.69) is 15.3 Å². The average Bonchev–Trinajstić information content (AvgIpc) is 3.49. The van der Waals surface area contributed by atoms with Crippen molar-refractivity contribution in [3.05, 3.63) is 64.1 Å². The number of anilines is 1. The smallest absolute Gasteiger partial charge is 0.363 e. The zero-order chi connectivity index (χ0) is 22.6. The van der Waals surface area contributed by atoms with Crippen molar-refractivity contribution in [2.75, 3.05) is 5.32 Å². The van der Waals surface area contributed by atoms with Gasteiger partial charge in [0.1, 0.15) is 23.5 Å². The Hall–Kier alpha value is -3.11. The van der Waals surface area contributed by atoms with Gasteiger partial charge < -0.3 is 5.32 Å². The van der Waals surface area contributed by atoms with Crippen molar-refractivity contribution in [3.63, 3.8) is 0 Å². The molecule has 4 rings (SSSR count). The Morgan fingerprint density at radius 2 is 1.84 bits per heavy atom. The van der Waals surface area contributed by atoms with E-state index in [9.17, 15) is 31.1 Å². The van der Waals surface area contributed by atoms with Gasteiger partial charge in [-0.05, 0) is 19.8 Å². The third kappa shape index (κ3) is 3.51. The first-order valence-electron chi connectivity index (χ1n) is 9.33. The number of benzene rings is 1. The predicted molar refractivity (Wildman–Crippen MR) is 100 cm³/mol. The fourth-order valence-electron chi connectivity index (χ4n) is 3.61. The van der Waals surface area contributed by atoms with Crippen molar-refractivity contribution in [3.8, 4) is 0 Å². The molecule has 0 saturated heterocycles. The molecule has 2 aromatic heterocycles. The number of hydrogen-bond donors (Lipinski definition) is 1. The van der Waals surface area contributed by atoms with Crippen LogP contribution in [0.3, 0.4) is 0 Å². The lowest BCUT2D eigenvalue weighted by atomic mass is 10.0. The minimum absolute atomic E-state index is 0.0473. The topological polar surface area (TPSA) is 59.8 Å². The third-order valence-electron chi connectivity index (χ3n) is 5.50. The molecule has 1 atom stereocenters. The second-order valence-corrected chi connectivity index (χ2v) is 7.45. The second-order valence-electron chi connectivity index (χ2n) is 7.45. The molecule has 5 nitrogen and oxygen atoms in total. The second kappa shape index (κ2) is 7.24. The molecule has 0 amide bonds. The Bertz CT molecular complexity index is 1200. The van der Waals surface area contributed by atoms with Gasteiger partial charge >= 0.3 is 6.18 Å². The van der Waals surface area contributed by atoms with Gasteiger partial charge in [0.05, 0.1) is 22.5 Å². The summed E-state index contributed by atoms with van der Waals surface area (Å²) in [5.41, 5.74) is -3.84. The molecule has 11 heteroatoms. The Labute approximate surface area is 171 Å². The van der Waals surface area contributed by atoms with Gasteiger partial charge in [-0.2, -0.15) is 13.2 Å². The quantitative estimate of drug-likeness (QED) is 0.559. The normalized spacial score (nSPS) is 16.5. The van der Waals surface area contributed by atoms with E-state index in [0.29, 0.717) is 4.57 Å². The summed E-state index contributed by atoms with van der Waals surface area (Å²) in [5.74, 6) is -1.03. The first kappa shape index (κ1) is 21.1. The minimum atomic E-state index is -4.61. The van der Waals surface area contributed by atoms with Gasteiger partial charge in [-0.25, -0.2) is 23.1 Å². The number of aromatic nitrogens is 3. The van der Waals surface area contributed by atoms with Crippen LogP contribution in [0.4, 0.5) is 32.2 Å². The molecule has 0 aliphatic heterocycles. The van der Waals surface area contributed by atoms with Gasteiger partial charge in [0.25, 0.3) is 12.0 Å². The number of nitrogens with zero attached hydrogens (tertiary/aromatic N) is 3. The van der Waals surface area contributed by atoms with E-state index in [1.54, 1.807) is 0 Å². The molecular formula is C20H16F6N4O. The number of hydrogen-bond acceptors (Lipinski definition) is 4. The summed E-state index contributed by atoms with van der Waals surface area (Å²) in [6, 6.07) is 3.71. The fourth-order valence-corrected chi connectivity index (χ4v) is 3.61. The number of nitrogens with one attached hydrogen (secondary N) is 1. The van der Waals surface area contributed by atoms with E-state index >= 15 is 0 Å². The van der Waals surface area contributed by atoms with Crippen molar-refractivity contribution in [2.45, 2.75) is 43.9 Å². The van der Waals surface area contributed by atoms with Crippen LogP contribution in [-0.2, 0) is 5.54 Å². The average molecular weight is 442 g/mol. The summed E-state index contributed by atoms with van der Waals surface area (Å²) < 4.78 is 81.7. The highest BCUT2D eigenvalue weighted by molar-refractivity contribution is 5.88. The van der Waals surface area contributed by atoms with Gasteiger partial charge in [-0.3, -0.25) is 9.36 Å². The Morgan fingerprint density at radius 1 is 1.16 bits per heavy atom. The van der Waals surface area contributed by atoms with Gasteiger partial charge in [0, 0.05) is 17.8 Å². The van der Waals surface area contributed by atoms with E-state index in [4.69, 9.17) is 0 Å². The number of rotatable bonds is 5. The molecule has 1 aliphatic rings. The molecule has 1 unspecified atom stereocenters. The Balaban J connectivity index is 1.77. The molecule has 2 heterocycles. The highest BCUT2D eigenvalue weighted by atomic mass is 19.4. The SMILES string of the molecule is CC(Nc1ncnc2cc(=O)n(C3(C(F)(F)F)CC3)cc12)c1cccc(C(F)F)c1F. The van der Waals surface area contributed by atoms with Crippen LogP contribution in [-0.4, -0.2) is 20.7 Å². The fraction of sp³-hybridized carbons (Fsp3) is 0.350. The van der Waals surface area contributed by atoms with E-state index in [0.717, 1.165) is 24.7 Å². The van der Waals surface area contributed by atoms with Crippen LogP contribution in [0.25, 0.3) is 10.9 Å². The summed E-state index contributed by atoms with van der Waals surface area (Å²) in [6.07, 6.45) is -5.91. The number of alkyl halides is 5. The minimum Gasteiger partial charge on any atom is -0.363 e. The van der Waals surface area contributed by atoms with Crippen molar-refractivity contribution in [1.29, 1.82) is 0 Å². The van der Waals surface area contributed by atoms with E-state index in [-0.39, 0.29) is 35.1 Å². The third-order valence-corrected chi connectivity index (χ3v) is 5.50. The van der Waals surface area contributed by atoms with Crippen LogP contribution in [0.5, 0.6) is 0 Å². The maximum absolute atomic E-state index is 14.5. The summed E-state index contributed by atoms with van der Waals surface area (Å²) in [7, 11) is 0. The standard InChI is InChI=1S/C20H16F6N4O/c1-10(11-3-2-4-12(16(11)21)17(22)23)29-18-13-8-30(19(5-6-19)20(24,25)26)15(31)7-14(13)27-9-28-18/h2-4,7-10,17H,5-6H2,1H3,(H,27,28,29). The van der Waals surface area contributed by atoms with Gasteiger partial charge in [-0.15, -0.1) is 0 Å². The lowest BCUT2D eigenvalue weighted by molar-refractivity contribution is -0.180. The molecule has 1 N–H and O–H groups in total. The highest BCUT2D eigenvalue weighted by Crippen LogP contribution is 2.54. The molecular weight excluding hydrogens is 426 g/mol. The van der Waals surface area contributed by atoms with E-state index in [1.165, 1.54) is 19.1 Å². The summed E-state index contributed by atoms with van der Waals surface area (Å²) in [5, 5.41) is 2.95. The van der Waals surface area contributed by atoms with Gasteiger partial charge in [-0.1, -0.05) is 18.2 Å². The van der Waals surface area contributed by atoms with E-state index < -0.39 is 41.1 Å². The van der Waals surface area contributed by atoms with Crippen LogP contribution in [0.15, 0.2) is 41.6 Å². The molecule has 3 aromatic rings. The largest absolute Gasteiger partial charge is 0.412 e. The number of fused-ring (bicyclic) bond motifs is 1. The molecule has 1 aromatic carbocycles. The first-order chi connectivity index (χ1) is 14.5. The van der Waals surface area contributed by atoms with Crippen molar-refractivity contribution < 1.29 is 26.3 Å². The summed E-state index contributed by atoms with van der Waals surface area (Å²) >= 11 is 0. The van der Waals surface area contributed by atoms with Crippen LogP contribution in [0, 0.1) is 5.82 Å². The molecule has 0 spiro atoms. The lowest BCUT2D eigenvalue weighted by Gasteiger charge is -2.23. The summed E-state index contributed by atoms with van der Waals surface area (Å²) in [6.45, 7) is 1.50. The molecule has 0 radical (unpaired) electrons. The Kier molecular flexibility index (Phi) is 4.94. The monoisotopic (exact) mass is 442 g/mol. The van der Waals surface area contributed by atoms with Crippen LogP contribution in [0.2, 0.25) is 0 Å². The highest BCUT2D eigenvalue weighted by Gasteiger charge is 2.65. The van der Waals surface area contributed by atoms with Crippen LogP contribution < -0.4 is 10.9 Å². The first-order valence-corrected chi connectivity index (χ1v) is 9.33. The molecule has 31 heavy (non-hydrogen) atoms. The van der Waals surface area contributed by atoms with Crippen LogP contribution in [0.1, 0.15) is 43.4 Å². The maximum atomic E-state index is 14.5. The van der Waals surface area contributed by atoms with E-state index in [1.807, 2.05) is 0 Å².